The van der Waals surface area contributed by atoms with Gasteiger partial charge in [-0.05, 0) is 45.2 Å². The molecule has 1 saturated carbocycles. The molecule has 1 fully saturated rings. The van der Waals surface area contributed by atoms with Crippen molar-refractivity contribution in [3.05, 3.63) is 29.8 Å². The van der Waals surface area contributed by atoms with Crippen molar-refractivity contribution in [2.45, 2.75) is 78.3 Å². The van der Waals surface area contributed by atoms with Crippen LogP contribution in [0.5, 0.6) is 0 Å². The third kappa shape index (κ3) is 5.17. The minimum absolute atomic E-state index is 0.300. The van der Waals surface area contributed by atoms with Crippen LogP contribution in [0.2, 0.25) is 0 Å². The van der Waals surface area contributed by atoms with E-state index in [0.29, 0.717) is 31.4 Å². The fourth-order valence-corrected chi connectivity index (χ4v) is 5.62. The van der Waals surface area contributed by atoms with Gasteiger partial charge in [-0.3, -0.25) is 9.56 Å². The van der Waals surface area contributed by atoms with Crippen LogP contribution in [0.3, 0.4) is 0 Å². The Balaban J connectivity index is 2.29. The molecule has 0 bridgehead atoms. The summed E-state index contributed by atoms with van der Waals surface area (Å²) < 4.78 is 27.1. The van der Waals surface area contributed by atoms with E-state index in [1.165, 1.54) is 19.3 Å². The maximum Gasteiger partial charge on any atom is 0.396 e. The summed E-state index contributed by atoms with van der Waals surface area (Å²) in [6.07, 6.45) is 7.90. The average molecular weight is 420 g/mol. The summed E-state index contributed by atoms with van der Waals surface area (Å²) >= 11 is 0. The Kier molecular flexibility index (Phi) is 8.05. The van der Waals surface area contributed by atoms with Gasteiger partial charge in [0.1, 0.15) is 5.49 Å². The average Bonchev–Trinajstić information content (AvgIpc) is 2.74. The second kappa shape index (κ2) is 10.5. The quantitative estimate of drug-likeness (QED) is 0.539. The molecule has 0 amide bonds. The van der Waals surface area contributed by atoms with E-state index < -0.39 is 7.60 Å². The van der Waals surface area contributed by atoms with Crippen molar-refractivity contribution in [1.29, 1.82) is 0 Å². The predicted molar refractivity (Wildman–Crippen MR) is 118 cm³/mol. The van der Waals surface area contributed by atoms with Gasteiger partial charge in [0.25, 0.3) is 0 Å². The summed E-state index contributed by atoms with van der Waals surface area (Å²) in [5, 5.41) is 0.998. The lowest BCUT2D eigenvalue weighted by atomic mass is 9.96. The lowest BCUT2D eigenvalue weighted by Gasteiger charge is -2.23. The first-order valence-corrected chi connectivity index (χ1v) is 12.6. The summed E-state index contributed by atoms with van der Waals surface area (Å²) in [4.78, 5) is 9.97. The van der Waals surface area contributed by atoms with Crippen molar-refractivity contribution in [2.75, 3.05) is 13.2 Å². The van der Waals surface area contributed by atoms with Crippen LogP contribution in [0.1, 0.15) is 65.7 Å². The zero-order chi connectivity index (χ0) is 20.7. The van der Waals surface area contributed by atoms with E-state index in [1.807, 2.05) is 36.6 Å². The Hall–Kier alpha value is -1.49. The van der Waals surface area contributed by atoms with Crippen LogP contribution in [-0.2, 0) is 20.2 Å². The zero-order valence-corrected chi connectivity index (χ0v) is 18.9. The van der Waals surface area contributed by atoms with E-state index in [0.717, 1.165) is 42.1 Å². The SMILES string of the molecule is CCCCn1c(P(=O)(OCC)OCC)nc2ccccc2c1=NC1CCCCC1. The predicted octanol–water partition coefficient (Wildman–Crippen LogP) is 4.96. The number of fused-ring (bicyclic) bond motifs is 1. The summed E-state index contributed by atoms with van der Waals surface area (Å²) in [7, 11) is -3.54. The van der Waals surface area contributed by atoms with Gasteiger partial charge in [0.05, 0.1) is 24.8 Å². The van der Waals surface area contributed by atoms with E-state index in [1.54, 1.807) is 0 Å². The van der Waals surface area contributed by atoms with Gasteiger partial charge in [-0.25, -0.2) is 4.98 Å². The van der Waals surface area contributed by atoms with Gasteiger partial charge in [0.15, 0.2) is 0 Å². The Labute approximate surface area is 173 Å². The molecule has 0 radical (unpaired) electrons. The standard InChI is InChI=1S/C22H34N3O3P/c1-4-7-17-25-21(23-18-13-9-8-10-14-18)19-15-11-12-16-20(19)24-22(25)29(26,27-5-2)28-6-3/h11-12,15-16,18H,4-10,13-14,17H2,1-3H3. The zero-order valence-electron chi connectivity index (χ0n) is 18.0. The molecule has 0 spiro atoms. The van der Waals surface area contributed by atoms with E-state index in [-0.39, 0.29) is 0 Å². The molecule has 0 atom stereocenters. The molecular weight excluding hydrogens is 385 g/mol. The van der Waals surface area contributed by atoms with Crippen LogP contribution in [-0.4, -0.2) is 28.8 Å². The highest BCUT2D eigenvalue weighted by molar-refractivity contribution is 7.61. The molecule has 2 aromatic rings. The Morgan fingerprint density at radius 2 is 1.79 bits per heavy atom. The summed E-state index contributed by atoms with van der Waals surface area (Å²) in [5.74, 6) is 0. The number of benzene rings is 1. The summed E-state index contributed by atoms with van der Waals surface area (Å²) in [5.41, 5.74) is 2.03. The van der Waals surface area contributed by atoms with Crippen molar-refractivity contribution >= 4 is 24.1 Å². The second-order valence-corrected chi connectivity index (χ2v) is 9.42. The molecule has 1 aromatic heterocycles. The van der Waals surface area contributed by atoms with E-state index in [9.17, 15) is 4.57 Å². The van der Waals surface area contributed by atoms with Crippen LogP contribution in [0.15, 0.2) is 29.3 Å². The number of hydrogen-bond donors (Lipinski definition) is 0. The van der Waals surface area contributed by atoms with Crippen LogP contribution < -0.4 is 11.1 Å². The minimum Gasteiger partial charge on any atom is -0.304 e. The highest BCUT2D eigenvalue weighted by Gasteiger charge is 2.33. The van der Waals surface area contributed by atoms with Crippen LogP contribution in [0, 0.1) is 0 Å². The number of nitrogens with zero attached hydrogens (tertiary/aromatic N) is 3. The molecule has 3 rings (SSSR count). The molecular formula is C22H34N3O3P. The number of hydrogen-bond acceptors (Lipinski definition) is 5. The van der Waals surface area contributed by atoms with Crippen LogP contribution >= 0.6 is 7.60 Å². The largest absolute Gasteiger partial charge is 0.396 e. The van der Waals surface area contributed by atoms with Gasteiger partial charge in [-0.15, -0.1) is 0 Å². The number of para-hydroxylation sites is 1. The molecule has 29 heavy (non-hydrogen) atoms. The molecule has 0 unspecified atom stereocenters. The van der Waals surface area contributed by atoms with Crippen molar-refractivity contribution in [3.63, 3.8) is 0 Å². The monoisotopic (exact) mass is 419 g/mol. The lowest BCUT2D eigenvalue weighted by Crippen LogP contribution is -2.38. The molecule has 1 heterocycles. The fraction of sp³-hybridized carbons (Fsp3) is 0.636. The molecule has 0 N–H and O–H groups in total. The van der Waals surface area contributed by atoms with Crippen molar-refractivity contribution < 1.29 is 13.6 Å². The van der Waals surface area contributed by atoms with Crippen molar-refractivity contribution in [2.24, 2.45) is 4.99 Å². The van der Waals surface area contributed by atoms with Gasteiger partial charge in [-0.2, -0.15) is 0 Å². The molecule has 6 nitrogen and oxygen atoms in total. The first-order chi connectivity index (χ1) is 14.1. The molecule has 0 aliphatic heterocycles. The molecule has 1 aliphatic rings. The van der Waals surface area contributed by atoms with Gasteiger partial charge in [0.2, 0.25) is 5.57 Å². The summed E-state index contributed by atoms with van der Waals surface area (Å²) in [6, 6.07) is 8.27. The third-order valence-corrected chi connectivity index (χ3v) is 7.35. The van der Waals surface area contributed by atoms with Gasteiger partial charge in [-0.1, -0.05) is 44.7 Å². The molecule has 1 aliphatic carbocycles. The summed E-state index contributed by atoms with van der Waals surface area (Å²) in [6.45, 7) is 7.10. The van der Waals surface area contributed by atoms with E-state index in [4.69, 9.17) is 19.0 Å². The number of aromatic nitrogens is 2. The van der Waals surface area contributed by atoms with Crippen LogP contribution in [0.25, 0.3) is 10.9 Å². The lowest BCUT2D eigenvalue weighted by molar-refractivity contribution is 0.227. The van der Waals surface area contributed by atoms with E-state index in [2.05, 4.69) is 13.0 Å². The van der Waals surface area contributed by atoms with Crippen molar-refractivity contribution in [3.8, 4) is 0 Å². The molecule has 0 saturated heterocycles. The molecule has 7 heteroatoms. The second-order valence-electron chi connectivity index (χ2n) is 7.51. The number of unbranched alkanes of at least 4 members (excludes halogenated alkanes) is 1. The first kappa shape index (κ1) is 22.2. The van der Waals surface area contributed by atoms with Crippen LogP contribution in [0.4, 0.5) is 0 Å². The smallest absolute Gasteiger partial charge is 0.304 e. The normalized spacial score (nSPS) is 16.6. The minimum atomic E-state index is -3.54. The van der Waals surface area contributed by atoms with Gasteiger partial charge < -0.3 is 13.6 Å². The Morgan fingerprint density at radius 1 is 1.10 bits per heavy atom. The maximum absolute atomic E-state index is 13.7. The van der Waals surface area contributed by atoms with E-state index >= 15 is 0 Å². The highest BCUT2D eigenvalue weighted by Crippen LogP contribution is 2.46. The van der Waals surface area contributed by atoms with Gasteiger partial charge >= 0.3 is 7.60 Å². The first-order valence-electron chi connectivity index (χ1n) is 11.1. The van der Waals surface area contributed by atoms with Crippen molar-refractivity contribution in [1.82, 2.24) is 9.55 Å². The number of rotatable bonds is 9. The van der Waals surface area contributed by atoms with Gasteiger partial charge in [0, 0.05) is 11.9 Å². The highest BCUT2D eigenvalue weighted by atomic mass is 31.2. The maximum atomic E-state index is 13.7. The molecule has 1 aromatic carbocycles. The Bertz CT molecular complexity index is 909. The topological polar surface area (TPSA) is 65.7 Å². The fourth-order valence-electron chi connectivity index (χ4n) is 3.91. The molecule has 160 valence electrons. The third-order valence-electron chi connectivity index (χ3n) is 5.32. The Morgan fingerprint density at radius 3 is 2.45 bits per heavy atom.